The van der Waals surface area contributed by atoms with Crippen molar-refractivity contribution in [2.75, 3.05) is 24.3 Å². The van der Waals surface area contributed by atoms with Crippen LogP contribution in [0, 0.1) is 0 Å². The first-order chi connectivity index (χ1) is 9.49. The van der Waals surface area contributed by atoms with Crippen LogP contribution in [-0.4, -0.2) is 30.2 Å². The van der Waals surface area contributed by atoms with Crippen LogP contribution in [0.2, 0.25) is 0 Å². The first kappa shape index (κ1) is 14.3. The van der Waals surface area contributed by atoms with E-state index in [9.17, 15) is 9.90 Å². The van der Waals surface area contributed by atoms with Crippen molar-refractivity contribution in [3.05, 3.63) is 46.6 Å². The van der Waals surface area contributed by atoms with E-state index in [1.807, 2.05) is 43.3 Å². The van der Waals surface area contributed by atoms with Crippen LogP contribution in [0.1, 0.15) is 10.4 Å². The van der Waals surface area contributed by atoms with E-state index in [0.29, 0.717) is 10.3 Å². The Balaban J connectivity index is 2.43. The normalized spacial score (nSPS) is 10.2. The van der Waals surface area contributed by atoms with Gasteiger partial charge < -0.3 is 15.3 Å². The van der Waals surface area contributed by atoms with Crippen LogP contribution in [0.15, 0.2) is 41.0 Å². The molecule has 0 bridgehead atoms. The van der Waals surface area contributed by atoms with Gasteiger partial charge in [-0.1, -0.05) is 12.1 Å². The van der Waals surface area contributed by atoms with Crippen LogP contribution in [0.5, 0.6) is 0 Å². The minimum Gasteiger partial charge on any atom is -0.478 e. The summed E-state index contributed by atoms with van der Waals surface area (Å²) in [5, 5.41) is 12.3. The molecule has 20 heavy (non-hydrogen) atoms. The third-order valence-corrected chi connectivity index (χ3v) is 3.16. The number of para-hydroxylation sites is 2. The molecule has 2 N–H and O–H groups in total. The summed E-state index contributed by atoms with van der Waals surface area (Å²) in [6, 6.07) is 9.16. The maximum Gasteiger partial charge on any atom is 0.339 e. The molecular weight excluding hydrogens is 322 g/mol. The first-order valence-electron chi connectivity index (χ1n) is 5.91. The largest absolute Gasteiger partial charge is 0.478 e. The SMILES string of the molecule is CN(C)c1ccccc1Nc1ncc(Br)cc1C(=O)O. The fourth-order valence-corrected chi connectivity index (χ4v) is 2.13. The Morgan fingerprint density at radius 1 is 1.35 bits per heavy atom. The maximum absolute atomic E-state index is 11.3. The van der Waals surface area contributed by atoms with Gasteiger partial charge in [0.2, 0.25) is 0 Å². The van der Waals surface area contributed by atoms with Crippen LogP contribution in [0.4, 0.5) is 17.2 Å². The smallest absolute Gasteiger partial charge is 0.339 e. The van der Waals surface area contributed by atoms with Gasteiger partial charge in [0.25, 0.3) is 0 Å². The average Bonchev–Trinajstić information content (AvgIpc) is 2.41. The Kier molecular flexibility index (Phi) is 4.24. The average molecular weight is 336 g/mol. The van der Waals surface area contributed by atoms with E-state index in [1.165, 1.54) is 6.07 Å². The highest BCUT2D eigenvalue weighted by molar-refractivity contribution is 9.10. The lowest BCUT2D eigenvalue weighted by Gasteiger charge is -2.18. The molecule has 1 heterocycles. The Labute approximate surface area is 125 Å². The van der Waals surface area contributed by atoms with Gasteiger partial charge in [0.1, 0.15) is 11.4 Å². The molecule has 0 fully saturated rings. The Morgan fingerprint density at radius 2 is 2.05 bits per heavy atom. The molecule has 2 aromatic rings. The monoisotopic (exact) mass is 335 g/mol. The number of nitrogens with one attached hydrogen (secondary N) is 1. The van der Waals surface area contributed by atoms with Crippen molar-refractivity contribution in [3.63, 3.8) is 0 Å². The number of pyridine rings is 1. The molecule has 2 rings (SSSR count). The molecule has 0 saturated heterocycles. The molecule has 0 aliphatic rings. The number of hydrogen-bond donors (Lipinski definition) is 2. The van der Waals surface area contributed by atoms with Crippen LogP contribution >= 0.6 is 15.9 Å². The standard InChI is InChI=1S/C14H14BrN3O2/c1-18(2)12-6-4-3-5-11(12)17-13-10(14(19)20)7-9(15)8-16-13/h3-8H,1-2H3,(H,16,17)(H,19,20). The van der Waals surface area contributed by atoms with Gasteiger partial charge >= 0.3 is 5.97 Å². The molecule has 1 aromatic carbocycles. The van der Waals surface area contributed by atoms with Gasteiger partial charge in [0, 0.05) is 24.8 Å². The van der Waals surface area contributed by atoms with Gasteiger partial charge in [0.05, 0.1) is 11.4 Å². The molecule has 0 saturated carbocycles. The minimum absolute atomic E-state index is 0.118. The number of rotatable bonds is 4. The molecule has 0 atom stereocenters. The van der Waals surface area contributed by atoms with Gasteiger partial charge in [-0.05, 0) is 34.1 Å². The quantitative estimate of drug-likeness (QED) is 0.896. The van der Waals surface area contributed by atoms with Gasteiger partial charge in [-0.25, -0.2) is 9.78 Å². The van der Waals surface area contributed by atoms with Crippen LogP contribution in [-0.2, 0) is 0 Å². The summed E-state index contributed by atoms with van der Waals surface area (Å²) in [4.78, 5) is 17.4. The summed E-state index contributed by atoms with van der Waals surface area (Å²) in [5.41, 5.74) is 1.87. The summed E-state index contributed by atoms with van der Waals surface area (Å²) in [6.45, 7) is 0. The number of carboxylic acids is 1. The van der Waals surface area contributed by atoms with Crippen LogP contribution in [0.25, 0.3) is 0 Å². The second kappa shape index (κ2) is 5.92. The van der Waals surface area contributed by atoms with E-state index >= 15 is 0 Å². The second-order valence-corrected chi connectivity index (χ2v) is 5.31. The van der Waals surface area contributed by atoms with E-state index in [0.717, 1.165) is 11.4 Å². The van der Waals surface area contributed by atoms with Crippen molar-refractivity contribution in [2.24, 2.45) is 0 Å². The van der Waals surface area contributed by atoms with Crippen LogP contribution < -0.4 is 10.2 Å². The summed E-state index contributed by atoms with van der Waals surface area (Å²) in [7, 11) is 3.85. The van der Waals surface area contributed by atoms with Crippen molar-refractivity contribution in [1.29, 1.82) is 0 Å². The highest BCUT2D eigenvalue weighted by Gasteiger charge is 2.14. The van der Waals surface area contributed by atoms with Gasteiger partial charge in [-0.2, -0.15) is 0 Å². The number of aromatic nitrogens is 1. The lowest BCUT2D eigenvalue weighted by Crippen LogP contribution is -2.12. The van der Waals surface area contributed by atoms with Crippen molar-refractivity contribution in [2.45, 2.75) is 0 Å². The predicted molar refractivity (Wildman–Crippen MR) is 82.9 cm³/mol. The third-order valence-electron chi connectivity index (χ3n) is 2.72. The topological polar surface area (TPSA) is 65.5 Å². The molecule has 1 aromatic heterocycles. The molecule has 0 aliphatic heterocycles. The highest BCUT2D eigenvalue weighted by Crippen LogP contribution is 2.28. The van der Waals surface area contributed by atoms with Gasteiger partial charge in [-0.3, -0.25) is 0 Å². The predicted octanol–water partition coefficient (Wildman–Crippen LogP) is 3.35. The summed E-state index contributed by atoms with van der Waals surface area (Å²) in [5.74, 6) is -0.710. The van der Waals surface area contributed by atoms with Crippen molar-refractivity contribution >= 4 is 39.1 Å². The van der Waals surface area contributed by atoms with Crippen molar-refractivity contribution < 1.29 is 9.90 Å². The number of benzene rings is 1. The van der Waals surface area contributed by atoms with E-state index < -0.39 is 5.97 Å². The van der Waals surface area contributed by atoms with Gasteiger partial charge in [-0.15, -0.1) is 0 Å². The lowest BCUT2D eigenvalue weighted by molar-refractivity contribution is 0.0697. The Hall–Kier alpha value is -2.08. The molecule has 0 radical (unpaired) electrons. The number of hydrogen-bond acceptors (Lipinski definition) is 4. The second-order valence-electron chi connectivity index (χ2n) is 4.39. The fourth-order valence-electron chi connectivity index (χ4n) is 1.80. The van der Waals surface area contributed by atoms with Crippen LogP contribution in [0.3, 0.4) is 0 Å². The molecule has 0 amide bonds. The lowest BCUT2D eigenvalue weighted by atomic mass is 10.2. The molecule has 5 nitrogen and oxygen atoms in total. The van der Waals surface area contributed by atoms with Crippen molar-refractivity contribution in [1.82, 2.24) is 4.98 Å². The molecule has 0 unspecified atom stereocenters. The number of aromatic carboxylic acids is 1. The summed E-state index contributed by atoms with van der Waals surface area (Å²) < 4.78 is 0.626. The fraction of sp³-hybridized carbons (Fsp3) is 0.143. The number of halogens is 1. The molecule has 6 heteroatoms. The maximum atomic E-state index is 11.3. The number of anilines is 3. The first-order valence-corrected chi connectivity index (χ1v) is 6.70. The number of carbonyl (C=O) groups is 1. The van der Waals surface area contributed by atoms with E-state index in [2.05, 4.69) is 26.2 Å². The van der Waals surface area contributed by atoms with Gasteiger partial charge in [0.15, 0.2) is 0 Å². The number of nitrogens with zero attached hydrogens (tertiary/aromatic N) is 2. The third kappa shape index (κ3) is 3.08. The zero-order valence-corrected chi connectivity index (χ0v) is 12.7. The zero-order valence-electron chi connectivity index (χ0n) is 11.1. The van der Waals surface area contributed by atoms with Crippen molar-refractivity contribution in [3.8, 4) is 0 Å². The zero-order chi connectivity index (χ0) is 14.7. The molecular formula is C14H14BrN3O2. The molecule has 0 aliphatic carbocycles. The Bertz CT molecular complexity index is 644. The van der Waals surface area contributed by atoms with E-state index in [4.69, 9.17) is 0 Å². The summed E-state index contributed by atoms with van der Waals surface area (Å²) in [6.07, 6.45) is 1.56. The minimum atomic E-state index is -1.02. The highest BCUT2D eigenvalue weighted by atomic mass is 79.9. The molecule has 0 spiro atoms. The summed E-state index contributed by atoms with van der Waals surface area (Å²) >= 11 is 3.23. The molecule has 104 valence electrons. The van der Waals surface area contributed by atoms with E-state index in [1.54, 1.807) is 6.20 Å². The van der Waals surface area contributed by atoms with E-state index in [-0.39, 0.29) is 5.56 Å². The Morgan fingerprint density at radius 3 is 2.70 bits per heavy atom. The number of carboxylic acid groups (broad SMARTS) is 1.